The maximum Gasteiger partial charge on any atom is 0.310 e. The highest BCUT2D eigenvalue weighted by atomic mass is 16.5. The second kappa shape index (κ2) is 6.56. The number of carbonyl (C=O) groups excluding carboxylic acids is 1. The summed E-state index contributed by atoms with van der Waals surface area (Å²) in [5, 5.41) is 20.7. The summed E-state index contributed by atoms with van der Waals surface area (Å²) in [6.07, 6.45) is 7.79. The van der Waals surface area contributed by atoms with Gasteiger partial charge in [0.1, 0.15) is 0 Å². The third-order valence-electron chi connectivity index (χ3n) is 5.12. The first-order chi connectivity index (χ1) is 12.5. The molecule has 26 heavy (non-hydrogen) atoms. The lowest BCUT2D eigenvalue weighted by Gasteiger charge is -2.23. The Kier molecular flexibility index (Phi) is 4.23. The van der Waals surface area contributed by atoms with Gasteiger partial charge in [0.25, 0.3) is 0 Å². The number of hydrogen-bond donors (Lipinski definition) is 2. The molecule has 2 aromatic heterocycles. The highest BCUT2D eigenvalue weighted by Gasteiger charge is 2.55. The zero-order valence-electron chi connectivity index (χ0n) is 14.4. The van der Waals surface area contributed by atoms with Crippen molar-refractivity contribution in [1.29, 1.82) is 0 Å². The molecule has 2 aromatic rings. The van der Waals surface area contributed by atoms with E-state index in [2.05, 4.69) is 15.5 Å². The average Bonchev–Trinajstić information content (AvgIpc) is 3.38. The molecule has 0 spiro atoms. The molecule has 138 valence electrons. The first-order valence-electron chi connectivity index (χ1n) is 8.78. The maximum absolute atomic E-state index is 12.6. The summed E-state index contributed by atoms with van der Waals surface area (Å²) in [4.78, 5) is 24.1. The summed E-state index contributed by atoms with van der Waals surface area (Å²) in [7, 11) is 0. The molecular weight excluding hydrogens is 338 g/mol. The van der Waals surface area contributed by atoms with E-state index in [1.165, 1.54) is 0 Å². The minimum absolute atomic E-state index is 0.309. The summed E-state index contributed by atoms with van der Waals surface area (Å²) in [5.74, 6) is -2.72. The van der Waals surface area contributed by atoms with Crippen molar-refractivity contribution in [2.45, 2.75) is 45.1 Å². The second-order valence-corrected chi connectivity index (χ2v) is 6.80. The third-order valence-corrected chi connectivity index (χ3v) is 5.12. The van der Waals surface area contributed by atoms with Crippen LogP contribution in [-0.2, 0) is 27.4 Å². The Morgan fingerprint density at radius 1 is 1.19 bits per heavy atom. The lowest BCUT2D eigenvalue weighted by atomic mass is 9.78. The number of nitrogens with zero attached hydrogens (tertiary/aromatic N) is 4. The van der Waals surface area contributed by atoms with Crippen molar-refractivity contribution in [3.05, 3.63) is 30.4 Å². The van der Waals surface area contributed by atoms with E-state index in [4.69, 9.17) is 4.74 Å². The minimum Gasteiger partial charge on any atom is -0.481 e. The second-order valence-electron chi connectivity index (χ2n) is 6.80. The van der Waals surface area contributed by atoms with E-state index in [1.54, 1.807) is 23.3 Å². The van der Waals surface area contributed by atoms with Crippen LogP contribution in [-0.4, -0.2) is 48.8 Å². The number of fused-ring (bicyclic) bond motifs is 2. The highest BCUT2D eigenvalue weighted by Crippen LogP contribution is 2.44. The van der Waals surface area contributed by atoms with Crippen LogP contribution in [0.5, 0.6) is 0 Å². The molecule has 0 aliphatic carbocycles. The molecule has 4 heterocycles. The van der Waals surface area contributed by atoms with E-state index in [0.717, 1.165) is 18.5 Å². The molecule has 4 atom stereocenters. The lowest BCUT2D eigenvalue weighted by molar-refractivity contribution is -0.147. The normalized spacial score (nSPS) is 27.0. The van der Waals surface area contributed by atoms with Crippen molar-refractivity contribution in [2.75, 3.05) is 5.32 Å². The van der Waals surface area contributed by atoms with E-state index < -0.39 is 17.8 Å². The molecule has 0 aromatic carbocycles. The quantitative estimate of drug-likeness (QED) is 0.795. The minimum atomic E-state index is -0.971. The zero-order valence-corrected chi connectivity index (χ0v) is 14.4. The molecule has 9 nitrogen and oxygen atoms in total. The molecule has 0 radical (unpaired) electrons. The lowest BCUT2D eigenvalue weighted by Crippen LogP contribution is -2.40. The Morgan fingerprint density at radius 2 is 1.92 bits per heavy atom. The molecule has 2 bridgehead atoms. The number of ether oxygens (including phenoxy) is 1. The van der Waals surface area contributed by atoms with E-state index in [1.807, 2.05) is 17.8 Å². The van der Waals surface area contributed by atoms with Gasteiger partial charge in [-0.3, -0.25) is 19.0 Å². The van der Waals surface area contributed by atoms with Crippen molar-refractivity contribution in [3.8, 4) is 0 Å². The Labute approximate surface area is 149 Å². The molecule has 2 fully saturated rings. The molecule has 2 aliphatic rings. The number of rotatable bonds is 6. The number of aromatic nitrogens is 4. The first-order valence-corrected chi connectivity index (χ1v) is 8.78. The van der Waals surface area contributed by atoms with Crippen LogP contribution in [0.15, 0.2) is 24.8 Å². The summed E-state index contributed by atoms with van der Waals surface area (Å²) in [6, 6.07) is 0. The summed E-state index contributed by atoms with van der Waals surface area (Å²) in [5.41, 5.74) is 1.56. The van der Waals surface area contributed by atoms with Crippen LogP contribution in [0, 0.1) is 11.8 Å². The number of nitrogens with one attached hydrogen (secondary N) is 1. The van der Waals surface area contributed by atoms with Gasteiger partial charge < -0.3 is 15.2 Å². The standard InChI is InChI=1S/C17H21N5O4/c1-2-21-7-10(5-18-21)8-22-9-11(6-19-22)20-16(23)14-12-3-4-13(26-12)15(14)17(24)25/h5-7,9,12-15H,2-4,8H2,1H3,(H,20,23)(H,24,25)/t12-,13-,14-,15-/m1/s1. The number of aryl methyl sites for hydroxylation is 1. The number of amides is 1. The fraction of sp³-hybridized carbons (Fsp3) is 0.529. The zero-order chi connectivity index (χ0) is 18.3. The molecule has 4 rings (SSSR count). The number of hydrogen-bond acceptors (Lipinski definition) is 5. The highest BCUT2D eigenvalue weighted by molar-refractivity contribution is 5.96. The predicted octanol–water partition coefficient (Wildman–Crippen LogP) is 0.964. The van der Waals surface area contributed by atoms with Gasteiger partial charge in [-0.25, -0.2) is 0 Å². The van der Waals surface area contributed by atoms with Gasteiger partial charge in [-0.2, -0.15) is 10.2 Å². The Morgan fingerprint density at radius 3 is 2.62 bits per heavy atom. The fourth-order valence-corrected chi connectivity index (χ4v) is 3.91. The molecule has 1 amide bonds. The van der Waals surface area contributed by atoms with E-state index in [-0.39, 0.29) is 18.1 Å². The van der Waals surface area contributed by atoms with Gasteiger partial charge in [0.05, 0.1) is 48.7 Å². The Balaban J connectivity index is 1.42. The van der Waals surface area contributed by atoms with E-state index in [9.17, 15) is 14.7 Å². The molecule has 0 unspecified atom stereocenters. The Bertz CT molecular complexity index is 829. The van der Waals surface area contributed by atoms with Gasteiger partial charge in [-0.05, 0) is 19.8 Å². The van der Waals surface area contributed by atoms with Gasteiger partial charge in [-0.1, -0.05) is 0 Å². The molecule has 2 N–H and O–H groups in total. The van der Waals surface area contributed by atoms with Crippen LogP contribution in [0.3, 0.4) is 0 Å². The van der Waals surface area contributed by atoms with Gasteiger partial charge in [0.15, 0.2) is 0 Å². The topological polar surface area (TPSA) is 111 Å². The van der Waals surface area contributed by atoms with Gasteiger partial charge in [-0.15, -0.1) is 0 Å². The number of aliphatic carboxylic acids is 1. The largest absolute Gasteiger partial charge is 0.481 e. The number of carboxylic acids is 1. The molecule has 2 saturated heterocycles. The van der Waals surface area contributed by atoms with Crippen molar-refractivity contribution < 1.29 is 19.4 Å². The molecule has 9 heteroatoms. The van der Waals surface area contributed by atoms with E-state index in [0.29, 0.717) is 18.7 Å². The molecular formula is C17H21N5O4. The van der Waals surface area contributed by atoms with Crippen LogP contribution in [0.1, 0.15) is 25.3 Å². The summed E-state index contributed by atoms with van der Waals surface area (Å²) < 4.78 is 9.19. The van der Waals surface area contributed by atoms with Crippen LogP contribution in [0.25, 0.3) is 0 Å². The Hall–Kier alpha value is -2.68. The first kappa shape index (κ1) is 16.8. The van der Waals surface area contributed by atoms with Crippen LogP contribution < -0.4 is 5.32 Å². The van der Waals surface area contributed by atoms with Crippen LogP contribution >= 0.6 is 0 Å². The smallest absolute Gasteiger partial charge is 0.310 e. The van der Waals surface area contributed by atoms with Gasteiger partial charge >= 0.3 is 5.97 Å². The van der Waals surface area contributed by atoms with Crippen molar-refractivity contribution in [3.63, 3.8) is 0 Å². The maximum atomic E-state index is 12.6. The van der Waals surface area contributed by atoms with Crippen molar-refractivity contribution in [1.82, 2.24) is 19.6 Å². The summed E-state index contributed by atoms with van der Waals surface area (Å²) in [6.45, 7) is 3.36. The number of anilines is 1. The molecule has 2 aliphatic heterocycles. The van der Waals surface area contributed by atoms with Crippen LogP contribution in [0.2, 0.25) is 0 Å². The van der Waals surface area contributed by atoms with E-state index >= 15 is 0 Å². The number of carbonyl (C=O) groups is 2. The predicted molar refractivity (Wildman–Crippen MR) is 90.4 cm³/mol. The average molecular weight is 359 g/mol. The summed E-state index contributed by atoms with van der Waals surface area (Å²) >= 11 is 0. The SMILES string of the molecule is CCn1cc(Cn2cc(NC(=O)[C@H]3[C@H](C(=O)O)[C@H]4CC[C@H]3O4)cn2)cn1. The van der Waals surface area contributed by atoms with Crippen LogP contribution in [0.4, 0.5) is 5.69 Å². The number of carboxylic acid groups (broad SMARTS) is 1. The monoisotopic (exact) mass is 359 g/mol. The van der Waals surface area contributed by atoms with Crippen molar-refractivity contribution >= 4 is 17.6 Å². The van der Waals surface area contributed by atoms with Gasteiger partial charge in [0, 0.05) is 24.5 Å². The molecule has 0 saturated carbocycles. The van der Waals surface area contributed by atoms with Gasteiger partial charge in [0.2, 0.25) is 5.91 Å². The third kappa shape index (κ3) is 2.98. The van der Waals surface area contributed by atoms with Crippen molar-refractivity contribution in [2.24, 2.45) is 11.8 Å². The fourth-order valence-electron chi connectivity index (χ4n) is 3.91.